The Bertz CT molecular complexity index is 1140. The summed E-state index contributed by atoms with van der Waals surface area (Å²) in [5, 5.41) is 12.1. The fraction of sp³-hybridized carbons (Fsp3) is 0.333. The van der Waals surface area contributed by atoms with Crippen LogP contribution in [0, 0.1) is 6.92 Å². The van der Waals surface area contributed by atoms with Gasteiger partial charge in [-0.15, -0.1) is 0 Å². The molecule has 0 aliphatic carbocycles. The Labute approximate surface area is 175 Å². The molecule has 3 aromatic rings. The second-order valence-electron chi connectivity index (χ2n) is 8.40. The van der Waals surface area contributed by atoms with Gasteiger partial charge in [-0.25, -0.2) is 4.79 Å². The van der Waals surface area contributed by atoms with Crippen molar-refractivity contribution < 1.29 is 14.6 Å². The summed E-state index contributed by atoms with van der Waals surface area (Å²) in [6.45, 7) is 3.19. The normalized spacial score (nSPS) is 20.1. The van der Waals surface area contributed by atoms with Gasteiger partial charge in [0.2, 0.25) is 0 Å². The van der Waals surface area contributed by atoms with Crippen molar-refractivity contribution in [3.05, 3.63) is 59.8 Å². The number of hydrogen-bond donors (Lipinski definition) is 2. The first-order valence-electron chi connectivity index (χ1n) is 10.4. The minimum Gasteiger partial charge on any atom is -0.487 e. The summed E-state index contributed by atoms with van der Waals surface area (Å²) in [5.41, 5.74) is 10.0. The number of aromatic nitrogens is 1. The summed E-state index contributed by atoms with van der Waals surface area (Å²) >= 11 is 0. The number of benzene rings is 2. The molecule has 0 saturated carbocycles. The number of nitrogens with two attached hydrogens (primary N) is 1. The van der Waals surface area contributed by atoms with E-state index in [2.05, 4.69) is 30.1 Å². The second kappa shape index (κ2) is 6.99. The van der Waals surface area contributed by atoms with E-state index in [9.17, 15) is 9.90 Å². The number of ether oxygens (including phenoxy) is 1. The molecule has 2 aliphatic rings. The molecular weight excluding hydrogens is 378 g/mol. The molecule has 154 valence electrons. The van der Waals surface area contributed by atoms with Crippen molar-refractivity contribution in [3.63, 3.8) is 0 Å². The third-order valence-electron chi connectivity index (χ3n) is 6.59. The van der Waals surface area contributed by atoms with E-state index in [0.29, 0.717) is 32.4 Å². The van der Waals surface area contributed by atoms with Crippen LogP contribution < -0.4 is 10.5 Å². The summed E-state index contributed by atoms with van der Waals surface area (Å²) < 4.78 is 6.40. The number of rotatable bonds is 1. The van der Waals surface area contributed by atoms with Crippen LogP contribution in [0.3, 0.4) is 0 Å². The van der Waals surface area contributed by atoms with Gasteiger partial charge in [0, 0.05) is 49.5 Å². The van der Waals surface area contributed by atoms with Crippen LogP contribution in [0.25, 0.3) is 22.0 Å². The molecule has 0 bridgehead atoms. The van der Waals surface area contributed by atoms with E-state index in [-0.39, 0.29) is 0 Å². The van der Waals surface area contributed by atoms with Gasteiger partial charge in [-0.2, -0.15) is 0 Å². The first kappa shape index (κ1) is 18.9. The largest absolute Gasteiger partial charge is 0.487 e. The third-order valence-corrected chi connectivity index (χ3v) is 6.59. The van der Waals surface area contributed by atoms with Crippen LogP contribution in [0.1, 0.15) is 36.5 Å². The number of likely N-dealkylation sites (tertiary alicyclic amines) is 1. The molecule has 3 heterocycles. The number of carbonyl (C=O) groups is 1. The molecule has 2 aromatic carbocycles. The van der Waals surface area contributed by atoms with Gasteiger partial charge in [0.05, 0.1) is 11.6 Å². The molecule has 0 radical (unpaired) electrons. The van der Waals surface area contributed by atoms with Gasteiger partial charge in [-0.05, 0) is 41.8 Å². The van der Waals surface area contributed by atoms with Crippen LogP contribution in [0.2, 0.25) is 0 Å². The molecule has 5 rings (SSSR count). The van der Waals surface area contributed by atoms with E-state index >= 15 is 0 Å². The number of piperidine rings is 1. The number of aliphatic hydroxyl groups is 1. The third kappa shape index (κ3) is 3.08. The highest BCUT2D eigenvalue weighted by Gasteiger charge is 2.43. The summed E-state index contributed by atoms with van der Waals surface area (Å²) in [6, 6.07) is 13.8. The zero-order chi connectivity index (χ0) is 20.9. The molecule has 2 amide bonds. The lowest BCUT2D eigenvalue weighted by atomic mass is 9.81. The predicted octanol–water partition coefficient (Wildman–Crippen LogP) is 3.94. The van der Waals surface area contributed by atoms with Crippen molar-refractivity contribution in [3.8, 4) is 16.9 Å². The van der Waals surface area contributed by atoms with Crippen LogP contribution in [0.15, 0.2) is 48.7 Å². The molecule has 6 nitrogen and oxygen atoms in total. The van der Waals surface area contributed by atoms with Crippen LogP contribution in [-0.4, -0.2) is 39.7 Å². The van der Waals surface area contributed by atoms with Gasteiger partial charge in [-0.1, -0.05) is 24.3 Å². The highest BCUT2D eigenvalue weighted by Crippen LogP contribution is 2.45. The van der Waals surface area contributed by atoms with Crippen molar-refractivity contribution >= 4 is 16.9 Å². The highest BCUT2D eigenvalue weighted by atomic mass is 16.5. The fourth-order valence-corrected chi connectivity index (χ4v) is 4.85. The first-order valence-corrected chi connectivity index (χ1v) is 10.4. The number of carbonyl (C=O) groups excluding carboxylic acids is 1. The van der Waals surface area contributed by atoms with Crippen LogP contribution in [0.5, 0.6) is 5.75 Å². The Hall–Kier alpha value is -3.12. The highest BCUT2D eigenvalue weighted by molar-refractivity contribution is 5.88. The first-order chi connectivity index (χ1) is 14.5. The summed E-state index contributed by atoms with van der Waals surface area (Å²) in [6.07, 6.45) is 3.07. The predicted molar refractivity (Wildman–Crippen MR) is 115 cm³/mol. The van der Waals surface area contributed by atoms with Gasteiger partial charge < -0.3 is 20.5 Å². The smallest absolute Gasteiger partial charge is 0.314 e. The Morgan fingerprint density at radius 2 is 2.03 bits per heavy atom. The zero-order valence-corrected chi connectivity index (χ0v) is 17.0. The molecule has 6 heteroatoms. The van der Waals surface area contributed by atoms with Gasteiger partial charge in [-0.3, -0.25) is 4.98 Å². The van der Waals surface area contributed by atoms with E-state index in [0.717, 1.165) is 38.9 Å². The molecule has 1 spiro atoms. The number of aryl methyl sites for hydroxylation is 1. The second-order valence-corrected chi connectivity index (χ2v) is 8.40. The van der Waals surface area contributed by atoms with E-state index in [4.69, 9.17) is 10.5 Å². The SMILES string of the molecule is Cc1c(-c2ccc3c(c2)C(O)CC2(CCN(C(N)=O)CC2)O3)ccc2cccnc12. The zero-order valence-electron chi connectivity index (χ0n) is 17.0. The lowest BCUT2D eigenvalue weighted by Gasteiger charge is -2.45. The molecule has 2 aliphatic heterocycles. The van der Waals surface area contributed by atoms with Crippen molar-refractivity contribution in [2.45, 2.75) is 37.9 Å². The number of fused-ring (bicyclic) bond motifs is 2. The molecule has 30 heavy (non-hydrogen) atoms. The molecule has 1 atom stereocenters. The number of aliphatic hydroxyl groups excluding tert-OH is 1. The van der Waals surface area contributed by atoms with Crippen molar-refractivity contribution in [2.24, 2.45) is 5.73 Å². The maximum absolute atomic E-state index is 11.4. The Kier molecular flexibility index (Phi) is 4.40. The van der Waals surface area contributed by atoms with E-state index in [1.807, 2.05) is 30.5 Å². The standard InChI is InChI=1S/C24H25N3O3/c1-15-18(6-4-16-3-2-10-26-22(15)16)17-5-7-21-19(13-17)20(28)14-24(30-21)8-11-27(12-9-24)23(25)29/h2-7,10,13,20,28H,8-9,11-12,14H2,1H3,(H2,25,29). The number of amides is 2. The summed E-state index contributed by atoms with van der Waals surface area (Å²) in [7, 11) is 0. The van der Waals surface area contributed by atoms with Gasteiger partial charge >= 0.3 is 6.03 Å². The number of primary amides is 1. The average molecular weight is 403 g/mol. The minimum atomic E-state index is -0.604. The Morgan fingerprint density at radius 1 is 1.23 bits per heavy atom. The molecule has 1 fully saturated rings. The van der Waals surface area contributed by atoms with Gasteiger partial charge in [0.25, 0.3) is 0 Å². The lowest BCUT2D eigenvalue weighted by Crippen LogP contribution is -2.52. The average Bonchev–Trinajstić information content (AvgIpc) is 2.74. The lowest BCUT2D eigenvalue weighted by molar-refractivity contribution is -0.0472. The molecule has 1 saturated heterocycles. The van der Waals surface area contributed by atoms with E-state index in [1.165, 1.54) is 0 Å². The fourth-order valence-electron chi connectivity index (χ4n) is 4.85. The van der Waals surface area contributed by atoms with Crippen molar-refractivity contribution in [1.29, 1.82) is 0 Å². The van der Waals surface area contributed by atoms with E-state index in [1.54, 1.807) is 4.90 Å². The Balaban J connectivity index is 1.47. The van der Waals surface area contributed by atoms with Gasteiger partial charge in [0.15, 0.2) is 0 Å². The van der Waals surface area contributed by atoms with Crippen molar-refractivity contribution in [1.82, 2.24) is 9.88 Å². The van der Waals surface area contributed by atoms with E-state index < -0.39 is 17.7 Å². The number of nitrogens with zero attached hydrogens (tertiary/aromatic N) is 2. The Morgan fingerprint density at radius 3 is 2.80 bits per heavy atom. The van der Waals surface area contributed by atoms with Crippen LogP contribution in [-0.2, 0) is 0 Å². The molecular formula is C24H25N3O3. The molecule has 1 unspecified atom stereocenters. The number of urea groups is 1. The van der Waals surface area contributed by atoms with Crippen LogP contribution >= 0.6 is 0 Å². The number of hydrogen-bond acceptors (Lipinski definition) is 4. The summed E-state index contributed by atoms with van der Waals surface area (Å²) in [5.74, 6) is 0.724. The quantitative estimate of drug-likeness (QED) is 0.644. The molecule has 3 N–H and O–H groups in total. The monoisotopic (exact) mass is 403 g/mol. The maximum atomic E-state index is 11.4. The van der Waals surface area contributed by atoms with Crippen LogP contribution in [0.4, 0.5) is 4.79 Å². The topological polar surface area (TPSA) is 88.7 Å². The number of pyridine rings is 1. The van der Waals surface area contributed by atoms with Crippen molar-refractivity contribution in [2.75, 3.05) is 13.1 Å². The van der Waals surface area contributed by atoms with Gasteiger partial charge in [0.1, 0.15) is 11.4 Å². The maximum Gasteiger partial charge on any atom is 0.314 e. The minimum absolute atomic E-state index is 0.397. The molecule has 1 aromatic heterocycles. The summed E-state index contributed by atoms with van der Waals surface area (Å²) in [4.78, 5) is 17.6.